The first kappa shape index (κ1) is 9.06. The third-order valence-electron chi connectivity index (χ3n) is 2.21. The fraction of sp³-hybridized carbons (Fsp3) is 0.364. The van der Waals surface area contributed by atoms with E-state index in [1.807, 2.05) is 19.1 Å². The number of aromatic nitrogens is 1. The van der Waals surface area contributed by atoms with Gasteiger partial charge in [-0.25, -0.2) is 4.98 Å². The van der Waals surface area contributed by atoms with Gasteiger partial charge in [-0.15, -0.1) is 0 Å². The van der Waals surface area contributed by atoms with Gasteiger partial charge in [0.1, 0.15) is 5.52 Å². The van der Waals surface area contributed by atoms with Gasteiger partial charge in [-0.05, 0) is 24.6 Å². The van der Waals surface area contributed by atoms with Crippen LogP contribution in [0.5, 0.6) is 0 Å². The largest absolute Gasteiger partial charge is 0.440 e. The number of hydrogen-bond donors (Lipinski definition) is 1. The molecule has 1 aromatic heterocycles. The lowest BCUT2D eigenvalue weighted by atomic mass is 10.2. The van der Waals surface area contributed by atoms with Gasteiger partial charge in [0.05, 0.1) is 0 Å². The van der Waals surface area contributed by atoms with Crippen LogP contribution < -0.4 is 5.73 Å². The van der Waals surface area contributed by atoms with E-state index in [0.717, 1.165) is 28.2 Å². The summed E-state index contributed by atoms with van der Waals surface area (Å²) in [5.41, 5.74) is 9.21. The van der Waals surface area contributed by atoms with Crippen molar-refractivity contribution in [2.24, 2.45) is 0 Å². The molecule has 0 saturated heterocycles. The molecule has 3 nitrogen and oxygen atoms in total. The molecular formula is C11H14N2O. The van der Waals surface area contributed by atoms with Gasteiger partial charge in [0, 0.05) is 11.6 Å². The van der Waals surface area contributed by atoms with E-state index in [-0.39, 0.29) is 0 Å². The Bertz CT molecular complexity index is 471. The van der Waals surface area contributed by atoms with Crippen molar-refractivity contribution in [1.29, 1.82) is 0 Å². The molecule has 1 heterocycles. The third kappa shape index (κ3) is 1.35. The van der Waals surface area contributed by atoms with E-state index in [1.165, 1.54) is 0 Å². The fourth-order valence-electron chi connectivity index (χ4n) is 1.49. The minimum Gasteiger partial charge on any atom is -0.440 e. The number of fused-ring (bicyclic) bond motifs is 1. The van der Waals surface area contributed by atoms with Crippen LogP contribution in [0.3, 0.4) is 0 Å². The second-order valence-electron chi connectivity index (χ2n) is 3.89. The average Bonchev–Trinajstić information content (AvgIpc) is 2.47. The van der Waals surface area contributed by atoms with Gasteiger partial charge < -0.3 is 10.2 Å². The first-order valence-corrected chi connectivity index (χ1v) is 4.74. The molecule has 74 valence electrons. The van der Waals surface area contributed by atoms with Crippen molar-refractivity contribution < 1.29 is 4.42 Å². The molecule has 0 unspecified atom stereocenters. The molecule has 0 aliphatic carbocycles. The lowest BCUT2D eigenvalue weighted by Gasteiger charge is -1.96. The molecule has 0 saturated carbocycles. The van der Waals surface area contributed by atoms with Crippen molar-refractivity contribution in [3.63, 3.8) is 0 Å². The van der Waals surface area contributed by atoms with Crippen LogP contribution in [0.15, 0.2) is 16.5 Å². The number of nitrogens with two attached hydrogens (primary N) is 1. The molecule has 0 atom stereocenters. The van der Waals surface area contributed by atoms with Crippen LogP contribution in [0.25, 0.3) is 11.1 Å². The van der Waals surface area contributed by atoms with Gasteiger partial charge in [0.2, 0.25) is 0 Å². The first-order chi connectivity index (χ1) is 6.58. The number of benzene rings is 1. The van der Waals surface area contributed by atoms with Crippen molar-refractivity contribution in [3.05, 3.63) is 23.6 Å². The summed E-state index contributed by atoms with van der Waals surface area (Å²) in [4.78, 5) is 4.39. The summed E-state index contributed by atoms with van der Waals surface area (Å²) in [6.07, 6.45) is 0. The van der Waals surface area contributed by atoms with Crippen LogP contribution >= 0.6 is 0 Å². The monoisotopic (exact) mass is 190 g/mol. The predicted molar refractivity (Wildman–Crippen MR) is 57.2 cm³/mol. The van der Waals surface area contributed by atoms with E-state index in [9.17, 15) is 0 Å². The topological polar surface area (TPSA) is 52.0 Å². The molecule has 14 heavy (non-hydrogen) atoms. The maximum atomic E-state index is 5.73. The maximum absolute atomic E-state index is 5.73. The van der Waals surface area contributed by atoms with Gasteiger partial charge in [-0.2, -0.15) is 0 Å². The van der Waals surface area contributed by atoms with Crippen LogP contribution in [-0.4, -0.2) is 4.98 Å². The maximum Gasteiger partial charge on any atom is 0.198 e. The van der Waals surface area contributed by atoms with Crippen LogP contribution in [0.2, 0.25) is 0 Å². The van der Waals surface area contributed by atoms with Crippen LogP contribution in [0.4, 0.5) is 5.69 Å². The molecule has 0 bridgehead atoms. The molecule has 0 aliphatic heterocycles. The summed E-state index contributed by atoms with van der Waals surface area (Å²) in [7, 11) is 0. The number of nitrogens with zero attached hydrogens (tertiary/aromatic N) is 1. The molecule has 0 radical (unpaired) electrons. The predicted octanol–water partition coefficient (Wildman–Crippen LogP) is 2.84. The van der Waals surface area contributed by atoms with Crippen molar-refractivity contribution >= 4 is 16.8 Å². The highest BCUT2D eigenvalue weighted by Crippen LogP contribution is 2.25. The van der Waals surface area contributed by atoms with E-state index >= 15 is 0 Å². The number of anilines is 1. The zero-order valence-electron chi connectivity index (χ0n) is 8.66. The van der Waals surface area contributed by atoms with Crippen molar-refractivity contribution in [2.75, 3.05) is 5.73 Å². The number of rotatable bonds is 1. The summed E-state index contributed by atoms with van der Waals surface area (Å²) in [6, 6.07) is 3.75. The summed E-state index contributed by atoms with van der Waals surface area (Å²) < 4.78 is 5.65. The van der Waals surface area contributed by atoms with Crippen LogP contribution in [0, 0.1) is 6.92 Å². The minimum atomic E-state index is 0.308. The van der Waals surface area contributed by atoms with E-state index < -0.39 is 0 Å². The first-order valence-electron chi connectivity index (χ1n) is 4.74. The standard InChI is InChI=1S/C11H14N2O/c1-6(2)11-13-9-5-8(12)4-7(3)10(9)14-11/h4-6H,12H2,1-3H3. The number of hydrogen-bond acceptors (Lipinski definition) is 3. The molecule has 2 aromatic rings. The van der Waals surface area contributed by atoms with E-state index in [4.69, 9.17) is 10.2 Å². The van der Waals surface area contributed by atoms with Gasteiger partial charge in [0.25, 0.3) is 0 Å². The fourth-order valence-corrected chi connectivity index (χ4v) is 1.49. The van der Waals surface area contributed by atoms with Gasteiger partial charge in [-0.1, -0.05) is 13.8 Å². The summed E-state index contributed by atoms with van der Waals surface area (Å²) in [5.74, 6) is 1.08. The Balaban J connectivity index is 2.70. The lowest BCUT2D eigenvalue weighted by Crippen LogP contribution is -1.86. The second-order valence-corrected chi connectivity index (χ2v) is 3.89. The average molecular weight is 190 g/mol. The summed E-state index contributed by atoms with van der Waals surface area (Å²) in [5, 5.41) is 0. The summed E-state index contributed by atoms with van der Waals surface area (Å²) >= 11 is 0. The second kappa shape index (κ2) is 3.01. The molecule has 0 spiro atoms. The SMILES string of the molecule is Cc1cc(N)cc2nc(C(C)C)oc12. The van der Waals surface area contributed by atoms with Gasteiger partial charge >= 0.3 is 0 Å². The normalized spacial score (nSPS) is 11.4. The third-order valence-corrected chi connectivity index (χ3v) is 2.21. The highest BCUT2D eigenvalue weighted by Gasteiger charge is 2.11. The lowest BCUT2D eigenvalue weighted by molar-refractivity contribution is 0.500. The number of aryl methyl sites for hydroxylation is 1. The zero-order chi connectivity index (χ0) is 10.3. The van der Waals surface area contributed by atoms with Crippen LogP contribution in [0.1, 0.15) is 31.2 Å². The Kier molecular flexibility index (Phi) is 1.95. The molecule has 1 aromatic carbocycles. The Labute approximate surface area is 82.9 Å². The van der Waals surface area contributed by atoms with Crippen molar-refractivity contribution in [2.45, 2.75) is 26.7 Å². The Morgan fingerprint density at radius 1 is 1.36 bits per heavy atom. The Morgan fingerprint density at radius 2 is 2.07 bits per heavy atom. The van der Waals surface area contributed by atoms with Crippen molar-refractivity contribution in [1.82, 2.24) is 4.98 Å². The Morgan fingerprint density at radius 3 is 2.71 bits per heavy atom. The smallest absolute Gasteiger partial charge is 0.198 e. The molecule has 2 rings (SSSR count). The highest BCUT2D eigenvalue weighted by atomic mass is 16.3. The zero-order valence-corrected chi connectivity index (χ0v) is 8.66. The van der Waals surface area contributed by atoms with Gasteiger partial charge in [0.15, 0.2) is 11.5 Å². The molecule has 2 N–H and O–H groups in total. The van der Waals surface area contributed by atoms with E-state index in [0.29, 0.717) is 5.92 Å². The molecule has 0 amide bonds. The Hall–Kier alpha value is -1.51. The van der Waals surface area contributed by atoms with Gasteiger partial charge in [-0.3, -0.25) is 0 Å². The molecular weight excluding hydrogens is 176 g/mol. The van der Waals surface area contributed by atoms with Crippen molar-refractivity contribution in [3.8, 4) is 0 Å². The van der Waals surface area contributed by atoms with E-state index in [2.05, 4.69) is 18.8 Å². The summed E-state index contributed by atoms with van der Waals surface area (Å²) in [6.45, 7) is 6.10. The number of nitrogen functional groups attached to an aromatic ring is 1. The number of oxazole rings is 1. The minimum absolute atomic E-state index is 0.308. The quantitative estimate of drug-likeness (QED) is 0.703. The highest BCUT2D eigenvalue weighted by molar-refractivity contribution is 5.80. The molecule has 3 heteroatoms. The molecule has 0 fully saturated rings. The van der Waals surface area contributed by atoms with Crippen LogP contribution in [-0.2, 0) is 0 Å². The van der Waals surface area contributed by atoms with E-state index in [1.54, 1.807) is 0 Å². The molecule has 0 aliphatic rings.